The molecule has 1 atom stereocenters. The largest absolute Gasteiger partial charge is 0.355 e. The first-order valence-electron chi connectivity index (χ1n) is 5.48. The molecule has 1 aromatic rings. The molecule has 0 bridgehead atoms. The second-order valence-corrected chi connectivity index (χ2v) is 4.47. The number of carbonyl (C=O) groups excluding carboxylic acids is 2. The highest BCUT2D eigenvalue weighted by Gasteiger charge is 2.24. The maximum absolute atomic E-state index is 11.9. The number of carbonyl (C=O) groups is 2. The van der Waals surface area contributed by atoms with Crippen molar-refractivity contribution in [1.29, 1.82) is 0 Å². The molecule has 0 aromatic heterocycles. The summed E-state index contributed by atoms with van der Waals surface area (Å²) in [5.41, 5.74) is 0.719. The molecule has 0 saturated carbocycles. The molecule has 4 nitrogen and oxygen atoms in total. The van der Waals surface area contributed by atoms with Crippen molar-refractivity contribution in [2.24, 2.45) is 5.92 Å². The number of anilines is 1. The van der Waals surface area contributed by atoms with E-state index in [0.717, 1.165) is 5.69 Å². The molecule has 2 amide bonds. The van der Waals surface area contributed by atoms with Crippen LogP contribution in [0.4, 0.5) is 5.69 Å². The molecular weight excluding hydrogens is 240 g/mol. The SMILES string of the molecule is O=C1CCC(C(=O)Nc2ccc(Cl)cc2)CN1. The zero-order chi connectivity index (χ0) is 12.3. The predicted molar refractivity (Wildman–Crippen MR) is 65.8 cm³/mol. The van der Waals surface area contributed by atoms with Gasteiger partial charge in [0, 0.05) is 23.7 Å². The molecule has 1 unspecified atom stereocenters. The predicted octanol–water partition coefficient (Wildman–Crippen LogP) is 1.80. The molecule has 90 valence electrons. The van der Waals surface area contributed by atoms with E-state index in [1.54, 1.807) is 24.3 Å². The van der Waals surface area contributed by atoms with Crippen LogP contribution in [0.5, 0.6) is 0 Å². The first kappa shape index (κ1) is 11.9. The standard InChI is InChI=1S/C12H13ClN2O2/c13-9-2-4-10(5-3-9)15-12(17)8-1-6-11(16)14-7-8/h2-5,8H,1,6-7H2,(H,14,16)(H,15,17). The average Bonchev–Trinajstić information content (AvgIpc) is 2.33. The smallest absolute Gasteiger partial charge is 0.229 e. The fraction of sp³-hybridized carbons (Fsp3) is 0.333. The van der Waals surface area contributed by atoms with Gasteiger partial charge in [-0.15, -0.1) is 0 Å². The highest BCUT2D eigenvalue weighted by atomic mass is 35.5. The zero-order valence-corrected chi connectivity index (χ0v) is 9.96. The van der Waals surface area contributed by atoms with Gasteiger partial charge in [-0.3, -0.25) is 9.59 Å². The Bertz CT molecular complexity index is 421. The van der Waals surface area contributed by atoms with E-state index in [-0.39, 0.29) is 17.7 Å². The van der Waals surface area contributed by atoms with E-state index in [2.05, 4.69) is 10.6 Å². The van der Waals surface area contributed by atoms with Gasteiger partial charge in [0.25, 0.3) is 0 Å². The number of rotatable bonds is 2. The van der Waals surface area contributed by atoms with Gasteiger partial charge < -0.3 is 10.6 Å². The summed E-state index contributed by atoms with van der Waals surface area (Å²) in [6.07, 6.45) is 1.02. The molecular formula is C12H13ClN2O2. The molecule has 1 aliphatic rings. The van der Waals surface area contributed by atoms with Gasteiger partial charge in [0.15, 0.2) is 0 Å². The lowest BCUT2D eigenvalue weighted by molar-refractivity contribution is -0.126. The monoisotopic (exact) mass is 252 g/mol. The van der Waals surface area contributed by atoms with Gasteiger partial charge in [0.05, 0.1) is 5.92 Å². The number of piperidine rings is 1. The molecule has 2 N–H and O–H groups in total. The lowest BCUT2D eigenvalue weighted by Crippen LogP contribution is -2.40. The summed E-state index contributed by atoms with van der Waals surface area (Å²) in [6, 6.07) is 6.95. The molecule has 1 saturated heterocycles. The van der Waals surface area contributed by atoms with E-state index in [1.165, 1.54) is 0 Å². The first-order chi connectivity index (χ1) is 8.15. The summed E-state index contributed by atoms with van der Waals surface area (Å²) in [7, 11) is 0. The van der Waals surface area contributed by atoms with Crippen molar-refractivity contribution in [3.05, 3.63) is 29.3 Å². The Morgan fingerprint density at radius 1 is 1.35 bits per heavy atom. The Hall–Kier alpha value is -1.55. The van der Waals surface area contributed by atoms with Gasteiger partial charge in [0.2, 0.25) is 11.8 Å². The van der Waals surface area contributed by atoms with E-state index >= 15 is 0 Å². The lowest BCUT2D eigenvalue weighted by atomic mass is 9.98. The van der Waals surface area contributed by atoms with Crippen molar-refractivity contribution in [2.75, 3.05) is 11.9 Å². The number of nitrogens with one attached hydrogen (secondary N) is 2. The number of benzene rings is 1. The third kappa shape index (κ3) is 3.20. The van der Waals surface area contributed by atoms with Crippen LogP contribution in [0.1, 0.15) is 12.8 Å². The van der Waals surface area contributed by atoms with Gasteiger partial charge in [-0.05, 0) is 30.7 Å². The fourth-order valence-electron chi connectivity index (χ4n) is 1.73. The third-order valence-electron chi connectivity index (χ3n) is 2.75. The Morgan fingerprint density at radius 2 is 2.06 bits per heavy atom. The van der Waals surface area contributed by atoms with Crippen molar-refractivity contribution in [3.63, 3.8) is 0 Å². The van der Waals surface area contributed by atoms with E-state index in [4.69, 9.17) is 11.6 Å². The van der Waals surface area contributed by atoms with Crippen molar-refractivity contribution in [2.45, 2.75) is 12.8 Å². The Morgan fingerprint density at radius 3 is 2.65 bits per heavy atom. The molecule has 17 heavy (non-hydrogen) atoms. The lowest BCUT2D eigenvalue weighted by Gasteiger charge is -2.21. The van der Waals surface area contributed by atoms with E-state index in [0.29, 0.717) is 24.4 Å². The number of hydrogen-bond acceptors (Lipinski definition) is 2. The second-order valence-electron chi connectivity index (χ2n) is 4.04. The van der Waals surface area contributed by atoms with Crippen LogP contribution in [0.3, 0.4) is 0 Å². The van der Waals surface area contributed by atoms with E-state index < -0.39 is 0 Å². The van der Waals surface area contributed by atoms with Crippen LogP contribution in [-0.4, -0.2) is 18.4 Å². The Kier molecular flexibility index (Phi) is 3.64. The molecule has 5 heteroatoms. The van der Waals surface area contributed by atoms with Crippen LogP contribution in [0, 0.1) is 5.92 Å². The van der Waals surface area contributed by atoms with Gasteiger partial charge in [0.1, 0.15) is 0 Å². The molecule has 0 radical (unpaired) electrons. The molecule has 1 heterocycles. The minimum atomic E-state index is -0.150. The van der Waals surface area contributed by atoms with Gasteiger partial charge in [-0.2, -0.15) is 0 Å². The van der Waals surface area contributed by atoms with Crippen LogP contribution in [-0.2, 0) is 9.59 Å². The highest BCUT2D eigenvalue weighted by molar-refractivity contribution is 6.30. The summed E-state index contributed by atoms with van der Waals surface area (Å²) in [4.78, 5) is 22.8. The van der Waals surface area contributed by atoms with Gasteiger partial charge in [-0.25, -0.2) is 0 Å². The normalized spacial score (nSPS) is 19.6. The third-order valence-corrected chi connectivity index (χ3v) is 3.00. The minimum absolute atomic E-state index is 0.0144. The van der Waals surface area contributed by atoms with Crippen molar-refractivity contribution in [1.82, 2.24) is 5.32 Å². The second kappa shape index (κ2) is 5.19. The van der Waals surface area contributed by atoms with Crippen LogP contribution in [0.2, 0.25) is 5.02 Å². The molecule has 2 rings (SSSR count). The number of amides is 2. The molecule has 0 aliphatic carbocycles. The van der Waals surface area contributed by atoms with Crippen LogP contribution in [0.15, 0.2) is 24.3 Å². The summed E-state index contributed by atoms with van der Waals surface area (Å²) in [5.74, 6) is -0.198. The quantitative estimate of drug-likeness (QED) is 0.843. The van der Waals surface area contributed by atoms with Crippen LogP contribution in [0.25, 0.3) is 0 Å². The number of halogens is 1. The van der Waals surface area contributed by atoms with E-state index in [1.807, 2.05) is 0 Å². The zero-order valence-electron chi connectivity index (χ0n) is 9.20. The Balaban J connectivity index is 1.92. The molecule has 1 aromatic carbocycles. The average molecular weight is 253 g/mol. The topological polar surface area (TPSA) is 58.2 Å². The summed E-state index contributed by atoms with van der Waals surface area (Å²) < 4.78 is 0. The Labute approximate surface area is 104 Å². The summed E-state index contributed by atoms with van der Waals surface area (Å²) in [6.45, 7) is 0.415. The van der Waals surface area contributed by atoms with Crippen molar-refractivity contribution in [3.8, 4) is 0 Å². The minimum Gasteiger partial charge on any atom is -0.355 e. The highest BCUT2D eigenvalue weighted by Crippen LogP contribution is 2.16. The molecule has 1 fully saturated rings. The van der Waals surface area contributed by atoms with Gasteiger partial charge in [-0.1, -0.05) is 11.6 Å². The summed E-state index contributed by atoms with van der Waals surface area (Å²) in [5, 5.41) is 6.12. The molecule has 1 aliphatic heterocycles. The van der Waals surface area contributed by atoms with Crippen molar-refractivity contribution >= 4 is 29.1 Å². The summed E-state index contributed by atoms with van der Waals surface area (Å²) >= 11 is 5.75. The number of hydrogen-bond donors (Lipinski definition) is 2. The van der Waals surface area contributed by atoms with Crippen LogP contribution < -0.4 is 10.6 Å². The maximum atomic E-state index is 11.9. The van der Waals surface area contributed by atoms with Crippen molar-refractivity contribution < 1.29 is 9.59 Å². The van der Waals surface area contributed by atoms with E-state index in [9.17, 15) is 9.59 Å². The van der Waals surface area contributed by atoms with Crippen LogP contribution >= 0.6 is 11.6 Å². The maximum Gasteiger partial charge on any atom is 0.229 e. The first-order valence-corrected chi connectivity index (χ1v) is 5.86. The molecule has 0 spiro atoms. The van der Waals surface area contributed by atoms with Gasteiger partial charge >= 0.3 is 0 Å². The fourth-order valence-corrected chi connectivity index (χ4v) is 1.86.